The summed E-state index contributed by atoms with van der Waals surface area (Å²) in [6.07, 6.45) is 8.01. The van der Waals surface area contributed by atoms with E-state index in [4.69, 9.17) is 11.6 Å². The normalized spacial score (nSPS) is 22.5. The molecule has 0 spiro atoms. The fourth-order valence-corrected chi connectivity index (χ4v) is 5.58. The van der Waals surface area contributed by atoms with Gasteiger partial charge in [0.2, 0.25) is 0 Å². The van der Waals surface area contributed by atoms with Crippen molar-refractivity contribution >= 4 is 22.9 Å². The molecule has 0 radical (unpaired) electrons. The van der Waals surface area contributed by atoms with Gasteiger partial charge in [-0.2, -0.15) is 0 Å². The molecule has 0 saturated carbocycles. The number of piperidine rings is 1. The molecule has 2 aliphatic rings. The lowest BCUT2D eigenvalue weighted by molar-refractivity contribution is 0.203. The second-order valence-corrected chi connectivity index (χ2v) is 8.78. The highest BCUT2D eigenvalue weighted by Crippen LogP contribution is 2.37. The van der Waals surface area contributed by atoms with Gasteiger partial charge in [-0.25, -0.2) is 0 Å². The maximum absolute atomic E-state index is 6.01. The van der Waals surface area contributed by atoms with Gasteiger partial charge >= 0.3 is 0 Å². The summed E-state index contributed by atoms with van der Waals surface area (Å²) in [5, 5.41) is 3.14. The van der Waals surface area contributed by atoms with Crippen LogP contribution in [0.3, 0.4) is 0 Å². The lowest BCUT2D eigenvalue weighted by Gasteiger charge is -2.33. The standard InChI is InChI=1S/C21H26ClNS/c22-19-6-4-16(5-7-19)17-8-12-23(13-9-17)14-10-18-2-1-3-21-20(18)11-15-24-21/h4-7,11,15,17-18H,1-3,8-10,12-14H2. The molecule has 128 valence electrons. The van der Waals surface area contributed by atoms with Gasteiger partial charge in [0.15, 0.2) is 0 Å². The van der Waals surface area contributed by atoms with Crippen LogP contribution in [0.1, 0.15) is 59.9 Å². The quantitative estimate of drug-likeness (QED) is 0.638. The van der Waals surface area contributed by atoms with Crippen molar-refractivity contribution in [3.63, 3.8) is 0 Å². The molecule has 0 bridgehead atoms. The Bertz CT molecular complexity index is 655. The van der Waals surface area contributed by atoms with Crippen LogP contribution in [-0.4, -0.2) is 24.5 Å². The molecule has 2 heterocycles. The summed E-state index contributed by atoms with van der Waals surface area (Å²) < 4.78 is 0. The van der Waals surface area contributed by atoms with E-state index in [0.29, 0.717) is 0 Å². The highest BCUT2D eigenvalue weighted by molar-refractivity contribution is 7.10. The first-order valence-electron chi connectivity index (χ1n) is 9.33. The Hall–Kier alpha value is -0.830. The molecule has 1 atom stereocenters. The van der Waals surface area contributed by atoms with Gasteiger partial charge in [0.1, 0.15) is 0 Å². The van der Waals surface area contributed by atoms with Crippen molar-refractivity contribution in [3.8, 4) is 0 Å². The Labute approximate surface area is 154 Å². The molecular weight excluding hydrogens is 334 g/mol. The molecule has 3 heteroatoms. The zero-order valence-corrected chi connectivity index (χ0v) is 15.8. The summed E-state index contributed by atoms with van der Waals surface area (Å²) in [5.41, 5.74) is 3.14. The summed E-state index contributed by atoms with van der Waals surface area (Å²) >= 11 is 7.98. The molecule has 4 rings (SSSR count). The van der Waals surface area contributed by atoms with E-state index in [0.717, 1.165) is 16.9 Å². The molecule has 1 saturated heterocycles. The minimum Gasteiger partial charge on any atom is -0.303 e. The Morgan fingerprint density at radius 1 is 1.04 bits per heavy atom. The summed E-state index contributed by atoms with van der Waals surface area (Å²) in [6, 6.07) is 10.9. The minimum absolute atomic E-state index is 0.719. The summed E-state index contributed by atoms with van der Waals surface area (Å²) in [5.74, 6) is 1.53. The van der Waals surface area contributed by atoms with Crippen LogP contribution in [-0.2, 0) is 6.42 Å². The van der Waals surface area contributed by atoms with Crippen LogP contribution in [0, 0.1) is 0 Å². The van der Waals surface area contributed by atoms with Crippen LogP contribution in [0.5, 0.6) is 0 Å². The number of fused-ring (bicyclic) bond motifs is 1. The van der Waals surface area contributed by atoms with Gasteiger partial charge in [-0.15, -0.1) is 11.3 Å². The third kappa shape index (κ3) is 3.71. The van der Waals surface area contributed by atoms with Gasteiger partial charge in [-0.1, -0.05) is 23.7 Å². The van der Waals surface area contributed by atoms with Gasteiger partial charge in [0.25, 0.3) is 0 Å². The van der Waals surface area contributed by atoms with Gasteiger partial charge < -0.3 is 4.90 Å². The molecule has 1 aromatic carbocycles. The molecular formula is C21H26ClNS. The predicted molar refractivity (Wildman–Crippen MR) is 104 cm³/mol. The summed E-state index contributed by atoms with van der Waals surface area (Å²) in [7, 11) is 0. The van der Waals surface area contributed by atoms with Gasteiger partial charge in [-0.05, 0) is 105 Å². The monoisotopic (exact) mass is 359 g/mol. The number of aryl methyl sites for hydroxylation is 1. The van der Waals surface area contributed by atoms with E-state index in [9.17, 15) is 0 Å². The van der Waals surface area contributed by atoms with Gasteiger partial charge in [0, 0.05) is 9.90 Å². The van der Waals surface area contributed by atoms with Crippen LogP contribution >= 0.6 is 22.9 Å². The lowest BCUT2D eigenvalue weighted by Crippen LogP contribution is -2.34. The molecule has 1 aliphatic heterocycles. The molecule has 1 unspecified atom stereocenters. The van der Waals surface area contributed by atoms with E-state index in [1.165, 1.54) is 63.7 Å². The second kappa shape index (κ2) is 7.59. The number of halogens is 1. The average Bonchev–Trinajstić information content (AvgIpc) is 3.10. The fourth-order valence-electron chi connectivity index (χ4n) is 4.45. The van der Waals surface area contributed by atoms with E-state index in [1.54, 1.807) is 10.4 Å². The summed E-state index contributed by atoms with van der Waals surface area (Å²) in [6.45, 7) is 3.76. The molecule has 1 aromatic heterocycles. The molecule has 1 aliphatic carbocycles. The molecule has 1 fully saturated rings. The molecule has 1 nitrogen and oxygen atoms in total. The average molecular weight is 360 g/mol. The summed E-state index contributed by atoms with van der Waals surface area (Å²) in [4.78, 5) is 4.35. The number of nitrogens with zero attached hydrogens (tertiary/aromatic N) is 1. The maximum Gasteiger partial charge on any atom is 0.0406 e. The van der Waals surface area contributed by atoms with Gasteiger partial charge in [-0.3, -0.25) is 0 Å². The van der Waals surface area contributed by atoms with E-state index < -0.39 is 0 Å². The van der Waals surface area contributed by atoms with E-state index >= 15 is 0 Å². The molecule has 2 aromatic rings. The Balaban J connectivity index is 1.28. The fraction of sp³-hybridized carbons (Fsp3) is 0.524. The van der Waals surface area contributed by atoms with Crippen LogP contribution < -0.4 is 0 Å². The number of hydrogen-bond donors (Lipinski definition) is 0. The van der Waals surface area contributed by atoms with Crippen LogP contribution in [0.25, 0.3) is 0 Å². The second-order valence-electron chi connectivity index (χ2n) is 7.34. The highest BCUT2D eigenvalue weighted by Gasteiger charge is 2.24. The number of hydrogen-bond acceptors (Lipinski definition) is 2. The first kappa shape index (κ1) is 16.6. The van der Waals surface area contributed by atoms with Crippen molar-refractivity contribution in [2.45, 2.75) is 50.4 Å². The lowest BCUT2D eigenvalue weighted by atomic mass is 9.85. The third-order valence-corrected chi connectivity index (χ3v) is 7.15. The molecule has 0 N–H and O–H groups in total. The Morgan fingerprint density at radius 2 is 1.83 bits per heavy atom. The number of likely N-dealkylation sites (tertiary alicyclic amines) is 1. The zero-order valence-electron chi connectivity index (χ0n) is 14.2. The molecule has 24 heavy (non-hydrogen) atoms. The Kier molecular flexibility index (Phi) is 5.26. The first-order chi connectivity index (χ1) is 11.8. The number of benzene rings is 1. The van der Waals surface area contributed by atoms with E-state index in [-0.39, 0.29) is 0 Å². The van der Waals surface area contributed by atoms with E-state index in [2.05, 4.69) is 28.5 Å². The van der Waals surface area contributed by atoms with Crippen molar-refractivity contribution in [2.24, 2.45) is 0 Å². The zero-order chi connectivity index (χ0) is 16.4. The van der Waals surface area contributed by atoms with Crippen molar-refractivity contribution in [3.05, 3.63) is 56.7 Å². The van der Waals surface area contributed by atoms with Gasteiger partial charge in [0.05, 0.1) is 0 Å². The third-order valence-electron chi connectivity index (χ3n) is 5.90. The maximum atomic E-state index is 6.01. The minimum atomic E-state index is 0.719. The number of rotatable bonds is 4. The Morgan fingerprint density at radius 3 is 2.62 bits per heavy atom. The van der Waals surface area contributed by atoms with Crippen molar-refractivity contribution in [1.82, 2.24) is 4.90 Å². The predicted octanol–water partition coefficient (Wildman–Crippen LogP) is 6.09. The van der Waals surface area contributed by atoms with Crippen molar-refractivity contribution in [2.75, 3.05) is 19.6 Å². The van der Waals surface area contributed by atoms with Crippen molar-refractivity contribution < 1.29 is 0 Å². The van der Waals surface area contributed by atoms with Crippen LogP contribution in [0.2, 0.25) is 5.02 Å². The topological polar surface area (TPSA) is 3.24 Å². The smallest absolute Gasteiger partial charge is 0.0406 e. The molecule has 0 amide bonds. The van der Waals surface area contributed by atoms with Crippen LogP contribution in [0.15, 0.2) is 35.7 Å². The highest BCUT2D eigenvalue weighted by atomic mass is 35.5. The van der Waals surface area contributed by atoms with E-state index in [1.807, 2.05) is 23.5 Å². The largest absolute Gasteiger partial charge is 0.303 e. The van der Waals surface area contributed by atoms with Crippen molar-refractivity contribution in [1.29, 1.82) is 0 Å². The number of thiophene rings is 1. The SMILES string of the molecule is Clc1ccc(C2CCN(CCC3CCCc4sccc43)CC2)cc1. The first-order valence-corrected chi connectivity index (χ1v) is 10.6. The van der Waals surface area contributed by atoms with Crippen LogP contribution in [0.4, 0.5) is 0 Å².